The van der Waals surface area contributed by atoms with E-state index in [9.17, 15) is 4.79 Å². The molecule has 0 spiro atoms. The van der Waals surface area contributed by atoms with E-state index in [1.165, 1.54) is 6.08 Å². The Balaban J connectivity index is 2.92. The fourth-order valence-electron chi connectivity index (χ4n) is 0.810. The standard InChI is InChI=1S/C9H9BrN2O/c10-7-3-1-6(2-4-7)5-8(11)9(12)13/h1-5H,11H2,(H2,12,13)/b8-5-. The van der Waals surface area contributed by atoms with Crippen molar-refractivity contribution in [1.82, 2.24) is 0 Å². The summed E-state index contributed by atoms with van der Waals surface area (Å²) in [5, 5.41) is 0. The Morgan fingerprint density at radius 3 is 2.23 bits per heavy atom. The highest BCUT2D eigenvalue weighted by atomic mass is 79.9. The van der Waals surface area contributed by atoms with E-state index < -0.39 is 5.91 Å². The van der Waals surface area contributed by atoms with Crippen LogP contribution in [0, 0.1) is 0 Å². The van der Waals surface area contributed by atoms with Gasteiger partial charge in [0.2, 0.25) is 0 Å². The summed E-state index contributed by atoms with van der Waals surface area (Å²) in [7, 11) is 0. The van der Waals surface area contributed by atoms with E-state index in [0.717, 1.165) is 10.0 Å². The van der Waals surface area contributed by atoms with E-state index in [-0.39, 0.29) is 5.70 Å². The average Bonchev–Trinajstić information content (AvgIpc) is 2.08. The van der Waals surface area contributed by atoms with Gasteiger partial charge in [0.25, 0.3) is 5.91 Å². The third kappa shape index (κ3) is 2.91. The average molecular weight is 241 g/mol. The molecular formula is C9H9BrN2O. The monoisotopic (exact) mass is 240 g/mol. The summed E-state index contributed by atoms with van der Waals surface area (Å²) < 4.78 is 0.974. The van der Waals surface area contributed by atoms with Gasteiger partial charge >= 0.3 is 0 Å². The second-order valence-electron chi connectivity index (χ2n) is 2.52. The molecular weight excluding hydrogens is 232 g/mol. The highest BCUT2D eigenvalue weighted by Crippen LogP contribution is 2.11. The Morgan fingerprint density at radius 1 is 1.23 bits per heavy atom. The van der Waals surface area contributed by atoms with Gasteiger partial charge in [-0.25, -0.2) is 0 Å². The van der Waals surface area contributed by atoms with Gasteiger partial charge in [-0.15, -0.1) is 0 Å². The van der Waals surface area contributed by atoms with Crippen LogP contribution in [-0.4, -0.2) is 5.91 Å². The van der Waals surface area contributed by atoms with Gasteiger partial charge in [-0.1, -0.05) is 28.1 Å². The maximum Gasteiger partial charge on any atom is 0.264 e. The summed E-state index contributed by atoms with van der Waals surface area (Å²) in [6, 6.07) is 7.39. The zero-order valence-electron chi connectivity index (χ0n) is 6.83. The van der Waals surface area contributed by atoms with Crippen LogP contribution >= 0.6 is 15.9 Å². The molecule has 13 heavy (non-hydrogen) atoms. The zero-order valence-corrected chi connectivity index (χ0v) is 8.41. The molecule has 0 saturated carbocycles. The molecule has 1 aromatic rings. The Kier molecular flexibility index (Phi) is 3.08. The van der Waals surface area contributed by atoms with Crippen LogP contribution in [0.5, 0.6) is 0 Å². The molecule has 0 atom stereocenters. The van der Waals surface area contributed by atoms with Crippen molar-refractivity contribution in [1.29, 1.82) is 0 Å². The SMILES string of the molecule is NC(=O)/C(N)=C/c1ccc(Br)cc1. The minimum absolute atomic E-state index is 0.0577. The molecule has 1 rings (SSSR count). The number of primary amides is 1. The second-order valence-corrected chi connectivity index (χ2v) is 3.43. The first-order valence-corrected chi connectivity index (χ1v) is 4.41. The van der Waals surface area contributed by atoms with Crippen molar-refractivity contribution in [2.45, 2.75) is 0 Å². The maximum atomic E-state index is 10.6. The third-order valence-corrected chi connectivity index (χ3v) is 2.01. The second kappa shape index (κ2) is 4.09. The topological polar surface area (TPSA) is 69.1 Å². The Labute approximate surface area is 84.5 Å². The van der Waals surface area contributed by atoms with Crippen LogP contribution < -0.4 is 11.5 Å². The lowest BCUT2D eigenvalue weighted by molar-refractivity contribution is -0.114. The quantitative estimate of drug-likeness (QED) is 0.764. The number of hydrogen-bond acceptors (Lipinski definition) is 2. The van der Waals surface area contributed by atoms with Gasteiger partial charge in [0.1, 0.15) is 0 Å². The first-order valence-electron chi connectivity index (χ1n) is 3.62. The third-order valence-electron chi connectivity index (χ3n) is 1.48. The van der Waals surface area contributed by atoms with E-state index in [1.54, 1.807) is 0 Å². The molecule has 0 saturated heterocycles. The van der Waals surface area contributed by atoms with Crippen molar-refractivity contribution in [3.05, 3.63) is 40.0 Å². The van der Waals surface area contributed by atoms with Gasteiger partial charge in [-0.3, -0.25) is 4.79 Å². The van der Waals surface area contributed by atoms with E-state index in [2.05, 4.69) is 15.9 Å². The number of hydrogen-bond donors (Lipinski definition) is 2. The van der Waals surface area contributed by atoms with Crippen molar-refractivity contribution < 1.29 is 4.79 Å². The minimum atomic E-state index is -0.608. The van der Waals surface area contributed by atoms with Crippen molar-refractivity contribution in [2.75, 3.05) is 0 Å². The summed E-state index contributed by atoms with van der Waals surface area (Å²) in [6.45, 7) is 0. The molecule has 0 aliphatic rings. The van der Waals surface area contributed by atoms with Crippen LogP contribution in [0.3, 0.4) is 0 Å². The van der Waals surface area contributed by atoms with Crippen LogP contribution in [0.2, 0.25) is 0 Å². The summed E-state index contributed by atoms with van der Waals surface area (Å²) in [5.41, 5.74) is 11.2. The lowest BCUT2D eigenvalue weighted by Crippen LogP contribution is -2.19. The molecule has 68 valence electrons. The van der Waals surface area contributed by atoms with Gasteiger partial charge < -0.3 is 11.5 Å². The molecule has 1 aromatic carbocycles. The molecule has 0 heterocycles. The highest BCUT2D eigenvalue weighted by Gasteiger charge is 1.97. The number of halogens is 1. The molecule has 0 aliphatic carbocycles. The fraction of sp³-hybridized carbons (Fsp3) is 0. The van der Waals surface area contributed by atoms with Gasteiger partial charge in [-0.05, 0) is 23.8 Å². The molecule has 0 fully saturated rings. The largest absolute Gasteiger partial charge is 0.394 e. The van der Waals surface area contributed by atoms with Gasteiger partial charge in [0, 0.05) is 4.47 Å². The number of nitrogens with two attached hydrogens (primary N) is 2. The zero-order chi connectivity index (χ0) is 9.84. The van der Waals surface area contributed by atoms with Crippen molar-refractivity contribution in [3.63, 3.8) is 0 Å². The summed E-state index contributed by atoms with van der Waals surface area (Å²) in [4.78, 5) is 10.6. The Morgan fingerprint density at radius 2 is 1.77 bits per heavy atom. The van der Waals surface area contributed by atoms with Crippen LogP contribution in [0.4, 0.5) is 0 Å². The fourth-order valence-corrected chi connectivity index (χ4v) is 1.07. The number of rotatable bonds is 2. The van der Waals surface area contributed by atoms with E-state index >= 15 is 0 Å². The highest BCUT2D eigenvalue weighted by molar-refractivity contribution is 9.10. The minimum Gasteiger partial charge on any atom is -0.394 e. The molecule has 4 N–H and O–H groups in total. The van der Waals surface area contributed by atoms with Crippen LogP contribution in [0.15, 0.2) is 34.4 Å². The smallest absolute Gasteiger partial charge is 0.264 e. The first kappa shape index (κ1) is 9.80. The summed E-state index contributed by atoms with van der Waals surface area (Å²) in [6.07, 6.45) is 1.54. The molecule has 0 aromatic heterocycles. The van der Waals surface area contributed by atoms with Crippen LogP contribution in [0.1, 0.15) is 5.56 Å². The predicted octanol–water partition coefficient (Wildman–Crippen LogP) is 1.23. The van der Waals surface area contributed by atoms with Gasteiger partial charge in [-0.2, -0.15) is 0 Å². The molecule has 1 amide bonds. The molecule has 3 nitrogen and oxygen atoms in total. The van der Waals surface area contributed by atoms with Crippen LogP contribution in [0.25, 0.3) is 6.08 Å². The number of amides is 1. The van der Waals surface area contributed by atoms with Gasteiger partial charge in [0.05, 0.1) is 5.70 Å². The molecule has 0 unspecified atom stereocenters. The van der Waals surface area contributed by atoms with Crippen LogP contribution in [-0.2, 0) is 4.79 Å². The Hall–Kier alpha value is -1.29. The number of benzene rings is 1. The van der Waals surface area contributed by atoms with E-state index in [4.69, 9.17) is 11.5 Å². The molecule has 0 radical (unpaired) electrons. The normalized spacial score (nSPS) is 11.3. The molecule has 0 aliphatic heterocycles. The Bertz CT molecular complexity index is 343. The van der Waals surface area contributed by atoms with E-state index in [1.807, 2.05) is 24.3 Å². The summed E-state index contributed by atoms with van der Waals surface area (Å²) >= 11 is 3.30. The first-order chi connectivity index (χ1) is 6.09. The van der Waals surface area contributed by atoms with Crippen molar-refractivity contribution >= 4 is 27.9 Å². The maximum absolute atomic E-state index is 10.6. The molecule has 0 bridgehead atoms. The number of carbonyl (C=O) groups excluding carboxylic acids is 1. The predicted molar refractivity (Wildman–Crippen MR) is 55.5 cm³/mol. The van der Waals surface area contributed by atoms with Crippen molar-refractivity contribution in [3.8, 4) is 0 Å². The molecule has 4 heteroatoms. The van der Waals surface area contributed by atoms with Crippen molar-refractivity contribution in [2.24, 2.45) is 11.5 Å². The lowest BCUT2D eigenvalue weighted by Gasteiger charge is -1.96. The van der Waals surface area contributed by atoms with Gasteiger partial charge in [0.15, 0.2) is 0 Å². The summed E-state index contributed by atoms with van der Waals surface area (Å²) in [5.74, 6) is -0.608. The lowest BCUT2D eigenvalue weighted by atomic mass is 10.2. The van der Waals surface area contributed by atoms with E-state index in [0.29, 0.717) is 0 Å². The number of carbonyl (C=O) groups is 1.